The molecule has 4 nitrogen and oxygen atoms in total. The van der Waals surface area contributed by atoms with Crippen molar-refractivity contribution in [3.05, 3.63) is 33.8 Å². The SMILES string of the molecule is O=C(O)[C@H]1CCCN(C(=O)CCc2ccc(Cl)cc2Cl)C1. The molecule has 1 aliphatic heterocycles. The van der Waals surface area contributed by atoms with E-state index in [0.29, 0.717) is 42.4 Å². The third kappa shape index (κ3) is 4.35. The van der Waals surface area contributed by atoms with Gasteiger partial charge in [0, 0.05) is 29.6 Å². The molecule has 1 aromatic carbocycles. The Bertz CT molecular complexity index is 548. The summed E-state index contributed by atoms with van der Waals surface area (Å²) in [4.78, 5) is 24.8. The number of carbonyl (C=O) groups excluding carboxylic acids is 1. The predicted octanol–water partition coefficient (Wildman–Crippen LogP) is 3.25. The highest BCUT2D eigenvalue weighted by Crippen LogP contribution is 2.23. The van der Waals surface area contributed by atoms with E-state index in [1.807, 2.05) is 6.07 Å². The smallest absolute Gasteiger partial charge is 0.308 e. The summed E-state index contributed by atoms with van der Waals surface area (Å²) >= 11 is 11.9. The molecule has 1 saturated heterocycles. The number of carboxylic acid groups (broad SMARTS) is 1. The molecule has 0 saturated carbocycles. The number of hydrogen-bond donors (Lipinski definition) is 1. The first kappa shape index (κ1) is 16.1. The molecular weight excluding hydrogens is 313 g/mol. The molecule has 114 valence electrons. The van der Waals surface area contributed by atoms with Crippen LogP contribution in [0.25, 0.3) is 0 Å². The Morgan fingerprint density at radius 2 is 2.10 bits per heavy atom. The molecular formula is C15H17Cl2NO3. The van der Waals surface area contributed by atoms with Crippen LogP contribution in [0, 0.1) is 5.92 Å². The quantitative estimate of drug-likeness (QED) is 0.922. The average Bonchev–Trinajstić information content (AvgIpc) is 2.46. The van der Waals surface area contributed by atoms with Crippen LogP contribution in [0.5, 0.6) is 0 Å². The lowest BCUT2D eigenvalue weighted by Crippen LogP contribution is -2.42. The van der Waals surface area contributed by atoms with Gasteiger partial charge in [-0.3, -0.25) is 9.59 Å². The minimum atomic E-state index is -0.826. The summed E-state index contributed by atoms with van der Waals surface area (Å²) in [6.45, 7) is 0.944. The minimum Gasteiger partial charge on any atom is -0.481 e. The van der Waals surface area contributed by atoms with Gasteiger partial charge in [-0.2, -0.15) is 0 Å². The van der Waals surface area contributed by atoms with Gasteiger partial charge in [0.2, 0.25) is 5.91 Å². The fourth-order valence-electron chi connectivity index (χ4n) is 2.53. The average molecular weight is 330 g/mol. The lowest BCUT2D eigenvalue weighted by molar-refractivity contribution is -0.145. The van der Waals surface area contributed by atoms with Crippen molar-refractivity contribution in [2.24, 2.45) is 5.92 Å². The Morgan fingerprint density at radius 1 is 1.33 bits per heavy atom. The maximum absolute atomic E-state index is 12.2. The number of piperidine rings is 1. The van der Waals surface area contributed by atoms with E-state index in [1.165, 1.54) is 0 Å². The predicted molar refractivity (Wildman–Crippen MR) is 81.7 cm³/mol. The highest BCUT2D eigenvalue weighted by molar-refractivity contribution is 6.35. The van der Waals surface area contributed by atoms with E-state index in [1.54, 1.807) is 17.0 Å². The number of likely N-dealkylation sites (tertiary alicyclic amines) is 1. The summed E-state index contributed by atoms with van der Waals surface area (Å²) in [7, 11) is 0. The molecule has 0 spiro atoms. The maximum atomic E-state index is 12.2. The first-order valence-corrected chi connectivity index (χ1v) is 7.67. The summed E-state index contributed by atoms with van der Waals surface area (Å²) in [5.41, 5.74) is 0.876. The van der Waals surface area contributed by atoms with Crippen molar-refractivity contribution in [3.8, 4) is 0 Å². The van der Waals surface area contributed by atoms with Gasteiger partial charge in [0.05, 0.1) is 5.92 Å². The summed E-state index contributed by atoms with van der Waals surface area (Å²) < 4.78 is 0. The molecule has 21 heavy (non-hydrogen) atoms. The van der Waals surface area contributed by atoms with Crippen molar-refractivity contribution >= 4 is 35.1 Å². The zero-order valence-corrected chi connectivity index (χ0v) is 13.0. The van der Waals surface area contributed by atoms with Crippen LogP contribution in [0.15, 0.2) is 18.2 Å². The monoisotopic (exact) mass is 329 g/mol. The first-order valence-electron chi connectivity index (χ1n) is 6.92. The van der Waals surface area contributed by atoms with Crippen LogP contribution in [0.1, 0.15) is 24.8 Å². The molecule has 0 unspecified atom stereocenters. The Morgan fingerprint density at radius 3 is 2.76 bits per heavy atom. The standard InChI is InChI=1S/C15H17Cl2NO3/c16-12-5-3-10(13(17)8-12)4-6-14(19)18-7-1-2-11(9-18)15(20)21/h3,5,8,11H,1-2,4,6-7,9H2,(H,20,21)/t11-/m0/s1. The number of benzene rings is 1. The number of carbonyl (C=O) groups is 2. The molecule has 0 aromatic heterocycles. The number of nitrogens with zero attached hydrogens (tertiary/aromatic N) is 1. The molecule has 6 heteroatoms. The number of amides is 1. The Kier molecular flexibility index (Phi) is 5.48. The molecule has 1 amide bonds. The largest absolute Gasteiger partial charge is 0.481 e. The number of hydrogen-bond acceptors (Lipinski definition) is 2. The van der Waals surface area contributed by atoms with Gasteiger partial charge in [-0.15, -0.1) is 0 Å². The fourth-order valence-corrected chi connectivity index (χ4v) is 3.03. The number of rotatable bonds is 4. The molecule has 1 heterocycles. The lowest BCUT2D eigenvalue weighted by atomic mass is 9.97. The molecule has 1 N–H and O–H groups in total. The van der Waals surface area contributed by atoms with Gasteiger partial charge in [0.1, 0.15) is 0 Å². The molecule has 1 fully saturated rings. The van der Waals surface area contributed by atoms with E-state index in [4.69, 9.17) is 28.3 Å². The number of halogens is 2. The van der Waals surface area contributed by atoms with Crippen molar-refractivity contribution in [1.82, 2.24) is 4.90 Å². The lowest BCUT2D eigenvalue weighted by Gasteiger charge is -2.30. The molecule has 0 radical (unpaired) electrons. The second kappa shape index (κ2) is 7.14. The third-order valence-corrected chi connectivity index (χ3v) is 4.33. The van der Waals surface area contributed by atoms with Crippen LogP contribution < -0.4 is 0 Å². The van der Waals surface area contributed by atoms with Crippen LogP contribution >= 0.6 is 23.2 Å². The van der Waals surface area contributed by atoms with Crippen LogP contribution in [0.3, 0.4) is 0 Å². The van der Waals surface area contributed by atoms with Crippen LogP contribution in [-0.2, 0) is 16.0 Å². The Balaban J connectivity index is 1.90. The van der Waals surface area contributed by atoms with Gasteiger partial charge >= 0.3 is 5.97 Å². The van der Waals surface area contributed by atoms with Gasteiger partial charge in [0.25, 0.3) is 0 Å². The fraction of sp³-hybridized carbons (Fsp3) is 0.467. The van der Waals surface area contributed by atoms with E-state index < -0.39 is 11.9 Å². The van der Waals surface area contributed by atoms with E-state index >= 15 is 0 Å². The topological polar surface area (TPSA) is 57.6 Å². The van der Waals surface area contributed by atoms with Crippen LogP contribution in [0.4, 0.5) is 0 Å². The van der Waals surface area contributed by atoms with Crippen molar-refractivity contribution in [1.29, 1.82) is 0 Å². The summed E-state index contributed by atoms with van der Waals surface area (Å²) in [6, 6.07) is 5.22. The van der Waals surface area contributed by atoms with Crippen molar-refractivity contribution in [2.45, 2.75) is 25.7 Å². The minimum absolute atomic E-state index is 0.0213. The zero-order chi connectivity index (χ0) is 15.4. The molecule has 1 aliphatic rings. The molecule has 2 rings (SSSR count). The summed E-state index contributed by atoms with van der Waals surface area (Å²) in [6.07, 6.45) is 2.24. The second-order valence-electron chi connectivity index (χ2n) is 5.25. The van der Waals surface area contributed by atoms with Gasteiger partial charge in [-0.05, 0) is 37.0 Å². The highest BCUT2D eigenvalue weighted by Gasteiger charge is 2.27. The molecule has 0 bridgehead atoms. The highest BCUT2D eigenvalue weighted by atomic mass is 35.5. The number of aryl methyl sites for hydroxylation is 1. The number of aliphatic carboxylic acids is 1. The van der Waals surface area contributed by atoms with Crippen molar-refractivity contribution in [3.63, 3.8) is 0 Å². The van der Waals surface area contributed by atoms with Gasteiger partial charge in [-0.1, -0.05) is 29.3 Å². The molecule has 1 aromatic rings. The molecule has 0 aliphatic carbocycles. The van der Waals surface area contributed by atoms with Gasteiger partial charge < -0.3 is 10.0 Å². The third-order valence-electron chi connectivity index (χ3n) is 3.75. The van der Waals surface area contributed by atoms with Crippen molar-refractivity contribution in [2.75, 3.05) is 13.1 Å². The van der Waals surface area contributed by atoms with E-state index in [2.05, 4.69) is 0 Å². The Labute approximate surface area is 133 Å². The zero-order valence-electron chi connectivity index (χ0n) is 11.5. The van der Waals surface area contributed by atoms with E-state index in [9.17, 15) is 9.59 Å². The van der Waals surface area contributed by atoms with E-state index in [-0.39, 0.29) is 5.91 Å². The van der Waals surface area contributed by atoms with Gasteiger partial charge in [0.15, 0.2) is 0 Å². The van der Waals surface area contributed by atoms with Crippen molar-refractivity contribution < 1.29 is 14.7 Å². The first-order chi connectivity index (χ1) is 9.97. The second-order valence-corrected chi connectivity index (χ2v) is 6.10. The maximum Gasteiger partial charge on any atom is 0.308 e. The normalized spacial score (nSPS) is 18.6. The molecule has 1 atom stereocenters. The van der Waals surface area contributed by atoms with Crippen LogP contribution in [0.2, 0.25) is 10.0 Å². The Hall–Kier alpha value is -1.26. The van der Waals surface area contributed by atoms with E-state index in [0.717, 1.165) is 12.0 Å². The number of carboxylic acids is 1. The van der Waals surface area contributed by atoms with Gasteiger partial charge in [-0.25, -0.2) is 0 Å². The summed E-state index contributed by atoms with van der Waals surface area (Å²) in [5.74, 6) is -1.29. The summed E-state index contributed by atoms with van der Waals surface area (Å²) in [5, 5.41) is 10.2. The van der Waals surface area contributed by atoms with Crippen LogP contribution in [-0.4, -0.2) is 35.0 Å².